The third-order valence-electron chi connectivity index (χ3n) is 5.99. The summed E-state index contributed by atoms with van der Waals surface area (Å²) in [5, 5.41) is 0. The lowest BCUT2D eigenvalue weighted by Gasteiger charge is -2.35. The molecule has 0 saturated carbocycles. The average molecular weight is 452 g/mol. The monoisotopic (exact) mass is 451 g/mol. The topological polar surface area (TPSA) is 87.2 Å². The number of carbonyl (C=O) groups is 2. The number of likely N-dealkylation sites (tertiary alicyclic amines) is 1. The van der Waals surface area contributed by atoms with Gasteiger partial charge in [-0.25, -0.2) is 8.42 Å². The molecule has 0 bridgehead atoms. The van der Waals surface area contributed by atoms with Crippen LogP contribution in [0.1, 0.15) is 36.0 Å². The summed E-state index contributed by atoms with van der Waals surface area (Å²) in [6, 6.07) is 6.09. The van der Waals surface area contributed by atoms with E-state index in [-0.39, 0.29) is 29.1 Å². The van der Waals surface area contributed by atoms with Crippen LogP contribution in [-0.2, 0) is 19.4 Å². The molecule has 3 rings (SSSR count). The number of piperazine rings is 1. The van der Waals surface area contributed by atoms with Gasteiger partial charge in [0.25, 0.3) is 5.91 Å². The second kappa shape index (κ2) is 11.1. The van der Waals surface area contributed by atoms with E-state index in [4.69, 9.17) is 4.74 Å². The maximum Gasteiger partial charge on any atom is 0.253 e. The van der Waals surface area contributed by atoms with Gasteiger partial charge in [0.1, 0.15) is 0 Å². The first-order chi connectivity index (χ1) is 14.9. The highest BCUT2D eigenvalue weighted by Gasteiger charge is 2.25. The second-order valence-electron chi connectivity index (χ2n) is 8.20. The van der Waals surface area contributed by atoms with E-state index in [1.165, 1.54) is 32.1 Å². The number of benzene rings is 1. The Hall–Kier alpha value is -1.97. The Morgan fingerprint density at radius 3 is 2.06 bits per heavy atom. The van der Waals surface area contributed by atoms with E-state index in [1.807, 2.05) is 4.90 Å². The fourth-order valence-corrected chi connectivity index (χ4v) is 5.19. The van der Waals surface area contributed by atoms with Crippen molar-refractivity contribution in [2.75, 3.05) is 65.3 Å². The molecule has 1 aromatic carbocycles. The van der Waals surface area contributed by atoms with Gasteiger partial charge >= 0.3 is 0 Å². The molecule has 0 unspecified atom stereocenters. The zero-order valence-corrected chi connectivity index (χ0v) is 19.1. The van der Waals surface area contributed by atoms with Crippen LogP contribution in [0.15, 0.2) is 29.2 Å². The fraction of sp³-hybridized carbons (Fsp3) is 0.636. The van der Waals surface area contributed by atoms with E-state index in [1.54, 1.807) is 17.0 Å². The lowest BCUT2D eigenvalue weighted by molar-refractivity contribution is -0.132. The van der Waals surface area contributed by atoms with Crippen LogP contribution >= 0.6 is 0 Å². The van der Waals surface area contributed by atoms with Crippen molar-refractivity contribution < 1.29 is 22.7 Å². The maximum absolute atomic E-state index is 12.8. The first-order valence-corrected chi connectivity index (χ1v) is 12.7. The largest absolute Gasteiger partial charge is 0.384 e. The van der Waals surface area contributed by atoms with Crippen molar-refractivity contribution in [1.82, 2.24) is 14.7 Å². The standard InChI is InChI=1S/C22H33N3O5S/c1-30-16-17-31(28,29)20-8-6-19(7-9-20)22(27)25-14-12-23(13-15-25)18-21(26)24-10-4-2-3-5-11-24/h6-9H,2-5,10-18H2,1H3. The van der Waals surface area contributed by atoms with Gasteiger partial charge in [0, 0.05) is 51.9 Å². The van der Waals surface area contributed by atoms with Crippen LogP contribution < -0.4 is 0 Å². The molecule has 0 N–H and O–H groups in total. The lowest BCUT2D eigenvalue weighted by Crippen LogP contribution is -2.51. The van der Waals surface area contributed by atoms with Crippen molar-refractivity contribution in [1.29, 1.82) is 0 Å². The van der Waals surface area contributed by atoms with Gasteiger partial charge in [-0.3, -0.25) is 14.5 Å². The average Bonchev–Trinajstić information content (AvgIpc) is 3.08. The SMILES string of the molecule is COCCS(=O)(=O)c1ccc(C(=O)N2CCN(CC(=O)N3CCCCCC3)CC2)cc1. The van der Waals surface area contributed by atoms with Crippen LogP contribution in [0.25, 0.3) is 0 Å². The molecule has 2 saturated heterocycles. The fourth-order valence-electron chi connectivity index (χ4n) is 4.02. The van der Waals surface area contributed by atoms with E-state index < -0.39 is 9.84 Å². The third kappa shape index (κ3) is 6.51. The number of hydrogen-bond acceptors (Lipinski definition) is 6. The van der Waals surface area contributed by atoms with Crippen LogP contribution in [0.3, 0.4) is 0 Å². The van der Waals surface area contributed by atoms with Gasteiger partial charge in [0.05, 0.1) is 23.8 Å². The van der Waals surface area contributed by atoms with Crippen LogP contribution in [0, 0.1) is 0 Å². The molecular formula is C22H33N3O5S. The number of sulfone groups is 1. The van der Waals surface area contributed by atoms with Crippen molar-refractivity contribution in [2.24, 2.45) is 0 Å². The van der Waals surface area contributed by atoms with Crippen LogP contribution in [0.4, 0.5) is 0 Å². The summed E-state index contributed by atoms with van der Waals surface area (Å²) in [7, 11) is -1.95. The van der Waals surface area contributed by atoms with Crippen molar-refractivity contribution >= 4 is 21.7 Å². The predicted molar refractivity (Wildman–Crippen MR) is 118 cm³/mol. The van der Waals surface area contributed by atoms with Gasteiger partial charge in [-0.1, -0.05) is 12.8 Å². The van der Waals surface area contributed by atoms with Crippen molar-refractivity contribution in [3.8, 4) is 0 Å². The summed E-state index contributed by atoms with van der Waals surface area (Å²) in [6.07, 6.45) is 4.57. The molecule has 31 heavy (non-hydrogen) atoms. The first-order valence-electron chi connectivity index (χ1n) is 11.0. The van der Waals surface area contributed by atoms with E-state index in [2.05, 4.69) is 4.90 Å². The van der Waals surface area contributed by atoms with Gasteiger partial charge in [0.15, 0.2) is 9.84 Å². The molecule has 2 fully saturated rings. The number of carbonyl (C=O) groups excluding carboxylic acids is 2. The Kier molecular flexibility index (Phi) is 8.45. The Balaban J connectivity index is 1.50. The summed E-state index contributed by atoms with van der Waals surface area (Å²) >= 11 is 0. The molecule has 2 heterocycles. The number of rotatable bonds is 7. The molecule has 0 atom stereocenters. The Bertz CT molecular complexity index is 840. The Labute approximate surface area is 185 Å². The van der Waals surface area contributed by atoms with Crippen LogP contribution in [-0.4, -0.2) is 100 Å². The normalized spacial score (nSPS) is 18.6. The van der Waals surface area contributed by atoms with E-state index in [9.17, 15) is 18.0 Å². The van der Waals surface area contributed by atoms with Crippen LogP contribution in [0.5, 0.6) is 0 Å². The highest BCUT2D eigenvalue weighted by atomic mass is 32.2. The van der Waals surface area contributed by atoms with E-state index in [0.717, 1.165) is 25.9 Å². The minimum Gasteiger partial charge on any atom is -0.384 e. The molecule has 0 radical (unpaired) electrons. The third-order valence-corrected chi connectivity index (χ3v) is 7.69. The molecule has 0 aromatic heterocycles. The zero-order valence-electron chi connectivity index (χ0n) is 18.3. The van der Waals surface area contributed by atoms with Gasteiger partial charge in [0.2, 0.25) is 5.91 Å². The number of nitrogens with zero attached hydrogens (tertiary/aromatic N) is 3. The quantitative estimate of drug-likeness (QED) is 0.621. The molecule has 9 heteroatoms. The minimum atomic E-state index is -3.41. The smallest absolute Gasteiger partial charge is 0.253 e. The predicted octanol–water partition coefficient (Wildman–Crippen LogP) is 1.27. The molecule has 2 aliphatic rings. The summed E-state index contributed by atoms with van der Waals surface area (Å²) in [4.78, 5) is 31.4. The Morgan fingerprint density at radius 2 is 1.48 bits per heavy atom. The van der Waals surface area contributed by atoms with E-state index >= 15 is 0 Å². The lowest BCUT2D eigenvalue weighted by atomic mass is 10.2. The molecule has 8 nitrogen and oxygen atoms in total. The molecule has 0 aliphatic carbocycles. The summed E-state index contributed by atoms with van der Waals surface area (Å²) in [5.41, 5.74) is 0.472. The van der Waals surface area contributed by atoms with Crippen molar-refractivity contribution in [3.63, 3.8) is 0 Å². The van der Waals surface area contributed by atoms with Crippen LogP contribution in [0.2, 0.25) is 0 Å². The summed E-state index contributed by atoms with van der Waals surface area (Å²) < 4.78 is 29.3. The highest BCUT2D eigenvalue weighted by Crippen LogP contribution is 2.16. The molecule has 1 aromatic rings. The molecule has 2 amide bonds. The number of methoxy groups -OCH3 is 1. The summed E-state index contributed by atoms with van der Waals surface area (Å²) in [6.45, 7) is 4.69. The van der Waals surface area contributed by atoms with Crippen molar-refractivity contribution in [2.45, 2.75) is 30.6 Å². The van der Waals surface area contributed by atoms with Gasteiger partial charge in [-0.2, -0.15) is 0 Å². The zero-order chi connectivity index (χ0) is 22.3. The van der Waals surface area contributed by atoms with Gasteiger partial charge in [-0.05, 0) is 37.1 Å². The molecule has 2 aliphatic heterocycles. The summed E-state index contributed by atoms with van der Waals surface area (Å²) in [5.74, 6) is -0.0131. The number of ether oxygens (including phenoxy) is 1. The van der Waals surface area contributed by atoms with Gasteiger partial charge in [-0.15, -0.1) is 0 Å². The minimum absolute atomic E-state index is 0.0884. The Morgan fingerprint density at radius 1 is 0.871 bits per heavy atom. The highest BCUT2D eigenvalue weighted by molar-refractivity contribution is 7.91. The maximum atomic E-state index is 12.8. The van der Waals surface area contributed by atoms with Crippen molar-refractivity contribution in [3.05, 3.63) is 29.8 Å². The molecule has 0 spiro atoms. The van der Waals surface area contributed by atoms with E-state index in [0.29, 0.717) is 38.3 Å². The van der Waals surface area contributed by atoms with Gasteiger partial charge < -0.3 is 14.5 Å². The number of amides is 2. The molecule has 172 valence electrons. The molecular weight excluding hydrogens is 418 g/mol. The first kappa shape index (κ1) is 23.7. The second-order valence-corrected chi connectivity index (χ2v) is 10.3. The number of hydrogen-bond donors (Lipinski definition) is 0.